The van der Waals surface area contributed by atoms with E-state index < -0.39 is 0 Å². The van der Waals surface area contributed by atoms with Gasteiger partial charge in [-0.3, -0.25) is 0 Å². The van der Waals surface area contributed by atoms with Crippen LogP contribution in [-0.2, 0) is 0 Å². The first-order valence-electron chi connectivity index (χ1n) is 8.14. The van der Waals surface area contributed by atoms with Crippen LogP contribution in [0, 0.1) is 18.8 Å². The minimum absolute atomic E-state index is 0.468. The quantitative estimate of drug-likeness (QED) is 0.682. The van der Waals surface area contributed by atoms with Crippen LogP contribution in [0.15, 0.2) is 5.38 Å². The molecular weight excluding hydrogens is 286 g/mol. The summed E-state index contributed by atoms with van der Waals surface area (Å²) in [6.07, 6.45) is 8.03. The lowest BCUT2D eigenvalue weighted by atomic mass is 9.76. The molecule has 0 radical (unpaired) electrons. The molecule has 2 rings (SSSR count). The molecule has 0 bridgehead atoms. The molecule has 0 saturated heterocycles. The first-order chi connectivity index (χ1) is 9.67. The molecule has 1 aromatic rings. The Morgan fingerprint density at radius 3 is 2.80 bits per heavy atom. The van der Waals surface area contributed by atoms with Crippen molar-refractivity contribution in [3.8, 4) is 0 Å². The van der Waals surface area contributed by atoms with E-state index in [1.807, 2.05) is 11.3 Å². The normalized spacial score (nSPS) is 24.8. The number of hydrogen-bond acceptors (Lipinski definition) is 2. The molecule has 1 N–H and O–H groups in total. The molecule has 1 aromatic heterocycles. The summed E-state index contributed by atoms with van der Waals surface area (Å²) in [5.41, 5.74) is 1.23. The highest BCUT2D eigenvalue weighted by Crippen LogP contribution is 2.43. The Morgan fingerprint density at radius 2 is 2.20 bits per heavy atom. The molecule has 3 atom stereocenters. The molecule has 1 nitrogen and oxygen atoms in total. The van der Waals surface area contributed by atoms with E-state index in [1.165, 1.54) is 49.0 Å². The van der Waals surface area contributed by atoms with Crippen molar-refractivity contribution >= 4 is 22.9 Å². The number of halogens is 1. The highest BCUT2D eigenvalue weighted by atomic mass is 35.5. The molecule has 1 aliphatic rings. The van der Waals surface area contributed by atoms with Crippen molar-refractivity contribution in [2.75, 3.05) is 6.54 Å². The fourth-order valence-corrected chi connectivity index (χ4v) is 4.92. The zero-order chi connectivity index (χ0) is 14.5. The molecular formula is C17H28ClNS. The van der Waals surface area contributed by atoms with Crippen molar-refractivity contribution in [1.29, 1.82) is 0 Å². The second-order valence-corrected chi connectivity index (χ2v) is 7.52. The van der Waals surface area contributed by atoms with Gasteiger partial charge in [-0.05, 0) is 55.5 Å². The lowest BCUT2D eigenvalue weighted by Crippen LogP contribution is -2.31. The van der Waals surface area contributed by atoms with E-state index in [0.717, 1.165) is 23.4 Å². The second-order valence-electron chi connectivity index (χ2n) is 6.23. The average molecular weight is 314 g/mol. The maximum Gasteiger partial charge on any atom is 0.0590 e. The standard InChI is InChI=1S/C17H28ClNS/c1-4-9-19-16(17-15(18)12(3)11-20-17)14-8-6-7-13(5-2)10-14/h11,13-14,16,19H,4-10H2,1-3H3. The average Bonchev–Trinajstić information content (AvgIpc) is 2.80. The zero-order valence-corrected chi connectivity index (χ0v) is 14.6. The SMILES string of the molecule is CCCNC(c1scc(C)c1Cl)C1CCCC(CC)C1. The Labute approximate surface area is 133 Å². The molecule has 3 heteroatoms. The van der Waals surface area contributed by atoms with Crippen LogP contribution in [0.1, 0.15) is 68.9 Å². The van der Waals surface area contributed by atoms with Gasteiger partial charge in [0.05, 0.1) is 5.02 Å². The van der Waals surface area contributed by atoms with E-state index >= 15 is 0 Å². The predicted molar refractivity (Wildman–Crippen MR) is 90.8 cm³/mol. The topological polar surface area (TPSA) is 12.0 Å². The molecule has 1 aliphatic carbocycles. The van der Waals surface area contributed by atoms with Gasteiger partial charge in [-0.25, -0.2) is 0 Å². The highest BCUT2D eigenvalue weighted by molar-refractivity contribution is 7.10. The summed E-state index contributed by atoms with van der Waals surface area (Å²) in [5.74, 6) is 1.68. The van der Waals surface area contributed by atoms with Crippen molar-refractivity contribution in [3.63, 3.8) is 0 Å². The van der Waals surface area contributed by atoms with Gasteiger partial charge in [0.1, 0.15) is 0 Å². The van der Waals surface area contributed by atoms with Crippen molar-refractivity contribution < 1.29 is 0 Å². The number of hydrogen-bond donors (Lipinski definition) is 1. The number of rotatable bonds is 6. The van der Waals surface area contributed by atoms with E-state index in [0.29, 0.717) is 6.04 Å². The molecule has 0 amide bonds. The summed E-state index contributed by atoms with van der Waals surface area (Å²) in [7, 11) is 0. The smallest absolute Gasteiger partial charge is 0.0590 e. The first kappa shape index (κ1) is 16.3. The van der Waals surface area contributed by atoms with Crippen LogP contribution < -0.4 is 5.32 Å². The largest absolute Gasteiger partial charge is 0.309 e. The molecule has 1 heterocycles. The van der Waals surface area contributed by atoms with Gasteiger partial charge in [-0.2, -0.15) is 0 Å². The number of thiophene rings is 1. The predicted octanol–water partition coefficient (Wildman–Crippen LogP) is 5.97. The third-order valence-electron chi connectivity index (χ3n) is 4.69. The first-order valence-corrected chi connectivity index (χ1v) is 9.39. The van der Waals surface area contributed by atoms with Crippen molar-refractivity contribution in [2.45, 2.75) is 65.3 Å². The van der Waals surface area contributed by atoms with E-state index in [4.69, 9.17) is 11.6 Å². The van der Waals surface area contributed by atoms with Gasteiger partial charge in [-0.1, -0.05) is 44.7 Å². The lowest BCUT2D eigenvalue weighted by Gasteiger charge is -2.34. The summed E-state index contributed by atoms with van der Waals surface area (Å²) in [6.45, 7) is 7.78. The van der Waals surface area contributed by atoms with E-state index in [2.05, 4.69) is 31.5 Å². The van der Waals surface area contributed by atoms with Crippen LogP contribution in [0.5, 0.6) is 0 Å². The van der Waals surface area contributed by atoms with Crippen LogP contribution >= 0.6 is 22.9 Å². The number of nitrogens with one attached hydrogen (secondary N) is 1. The summed E-state index contributed by atoms with van der Waals surface area (Å²) < 4.78 is 0. The summed E-state index contributed by atoms with van der Waals surface area (Å²) in [5, 5.41) is 6.99. The number of aryl methyl sites for hydroxylation is 1. The zero-order valence-electron chi connectivity index (χ0n) is 13.0. The van der Waals surface area contributed by atoms with E-state index in [1.54, 1.807) is 0 Å². The van der Waals surface area contributed by atoms with Gasteiger partial charge in [0.25, 0.3) is 0 Å². The maximum absolute atomic E-state index is 6.54. The molecule has 1 fully saturated rings. The summed E-state index contributed by atoms with van der Waals surface area (Å²) in [6, 6.07) is 0.468. The summed E-state index contributed by atoms with van der Waals surface area (Å²) in [4.78, 5) is 1.37. The molecule has 0 spiro atoms. The Bertz CT molecular complexity index is 415. The Balaban J connectivity index is 2.16. The molecule has 20 heavy (non-hydrogen) atoms. The van der Waals surface area contributed by atoms with Gasteiger partial charge in [-0.15, -0.1) is 11.3 Å². The van der Waals surface area contributed by atoms with Gasteiger partial charge >= 0.3 is 0 Å². The van der Waals surface area contributed by atoms with Crippen LogP contribution in [0.3, 0.4) is 0 Å². The fourth-order valence-electron chi connectivity index (χ4n) is 3.44. The Kier molecular flexibility index (Phi) is 6.38. The van der Waals surface area contributed by atoms with Crippen LogP contribution in [0.25, 0.3) is 0 Å². The van der Waals surface area contributed by atoms with Crippen LogP contribution in [0.2, 0.25) is 5.02 Å². The minimum Gasteiger partial charge on any atom is -0.309 e. The van der Waals surface area contributed by atoms with Gasteiger partial charge in [0.2, 0.25) is 0 Å². The highest BCUT2D eigenvalue weighted by Gasteiger charge is 2.30. The van der Waals surface area contributed by atoms with Crippen LogP contribution in [0.4, 0.5) is 0 Å². The van der Waals surface area contributed by atoms with Gasteiger partial charge < -0.3 is 5.32 Å². The van der Waals surface area contributed by atoms with Crippen LogP contribution in [-0.4, -0.2) is 6.54 Å². The fraction of sp³-hybridized carbons (Fsp3) is 0.765. The van der Waals surface area contributed by atoms with Crippen molar-refractivity contribution in [2.24, 2.45) is 11.8 Å². The van der Waals surface area contributed by atoms with Gasteiger partial charge in [0, 0.05) is 10.9 Å². The van der Waals surface area contributed by atoms with Crippen molar-refractivity contribution in [3.05, 3.63) is 20.8 Å². The maximum atomic E-state index is 6.54. The third-order valence-corrected chi connectivity index (χ3v) is 6.49. The third kappa shape index (κ3) is 3.78. The van der Waals surface area contributed by atoms with E-state index in [9.17, 15) is 0 Å². The van der Waals surface area contributed by atoms with E-state index in [-0.39, 0.29) is 0 Å². The molecule has 3 unspecified atom stereocenters. The molecule has 114 valence electrons. The summed E-state index contributed by atoms with van der Waals surface area (Å²) >= 11 is 8.39. The molecule has 0 aromatic carbocycles. The monoisotopic (exact) mass is 313 g/mol. The van der Waals surface area contributed by atoms with Gasteiger partial charge in [0.15, 0.2) is 0 Å². The molecule has 0 aliphatic heterocycles. The van der Waals surface area contributed by atoms with Crippen molar-refractivity contribution in [1.82, 2.24) is 5.32 Å². The Hall–Kier alpha value is -0.0500. The lowest BCUT2D eigenvalue weighted by molar-refractivity contribution is 0.211. The molecule has 1 saturated carbocycles. The minimum atomic E-state index is 0.468. The Morgan fingerprint density at radius 1 is 1.40 bits per heavy atom. The second kappa shape index (κ2) is 7.82.